The number of aromatic nitrogens is 2. The molecule has 1 aromatic heterocycles. The van der Waals surface area contributed by atoms with E-state index in [1.165, 1.54) is 0 Å². The van der Waals surface area contributed by atoms with Gasteiger partial charge < -0.3 is 19.4 Å². The zero-order valence-corrected chi connectivity index (χ0v) is 11.5. The van der Waals surface area contributed by atoms with E-state index in [0.717, 1.165) is 13.0 Å². The van der Waals surface area contributed by atoms with Crippen molar-refractivity contribution in [3.63, 3.8) is 0 Å². The third kappa shape index (κ3) is 3.00. The van der Waals surface area contributed by atoms with E-state index in [1.807, 2.05) is 11.9 Å². The Morgan fingerprint density at radius 2 is 2.22 bits per heavy atom. The Kier molecular flexibility index (Phi) is 4.19. The SMILES string of the molecule is CC(C)NCc1nnc(N(C)C2CCOC2C)o1. The lowest BCUT2D eigenvalue weighted by Crippen LogP contribution is -2.36. The number of likely N-dealkylation sites (N-methyl/N-ethyl adjacent to an activating group) is 1. The fourth-order valence-electron chi connectivity index (χ4n) is 2.12. The van der Waals surface area contributed by atoms with Gasteiger partial charge in [0.2, 0.25) is 5.89 Å². The van der Waals surface area contributed by atoms with Gasteiger partial charge in [-0.25, -0.2) is 0 Å². The van der Waals surface area contributed by atoms with E-state index in [0.29, 0.717) is 30.5 Å². The predicted molar refractivity (Wildman–Crippen MR) is 68.5 cm³/mol. The zero-order valence-electron chi connectivity index (χ0n) is 11.5. The van der Waals surface area contributed by atoms with Gasteiger partial charge in [-0.2, -0.15) is 0 Å². The summed E-state index contributed by atoms with van der Waals surface area (Å²) < 4.78 is 11.2. The minimum atomic E-state index is 0.208. The molecule has 2 rings (SSSR count). The van der Waals surface area contributed by atoms with Crippen LogP contribution >= 0.6 is 0 Å². The van der Waals surface area contributed by atoms with Crippen molar-refractivity contribution in [2.24, 2.45) is 0 Å². The van der Waals surface area contributed by atoms with Crippen LogP contribution in [0.5, 0.6) is 0 Å². The molecule has 0 aliphatic carbocycles. The lowest BCUT2D eigenvalue weighted by atomic mass is 10.1. The average Bonchev–Trinajstić information content (AvgIpc) is 2.94. The molecule has 6 nitrogen and oxygen atoms in total. The van der Waals surface area contributed by atoms with Gasteiger partial charge in [0.15, 0.2) is 0 Å². The summed E-state index contributed by atoms with van der Waals surface area (Å²) in [4.78, 5) is 2.02. The molecule has 1 aromatic rings. The van der Waals surface area contributed by atoms with Gasteiger partial charge in [-0.15, -0.1) is 5.10 Å². The van der Waals surface area contributed by atoms with Crippen LogP contribution in [0.15, 0.2) is 4.42 Å². The first-order valence-corrected chi connectivity index (χ1v) is 6.48. The molecule has 0 radical (unpaired) electrons. The summed E-state index contributed by atoms with van der Waals surface area (Å²) in [5.74, 6) is 0.622. The molecule has 1 aliphatic heterocycles. The van der Waals surface area contributed by atoms with E-state index in [9.17, 15) is 0 Å². The van der Waals surface area contributed by atoms with Crippen molar-refractivity contribution in [1.82, 2.24) is 15.5 Å². The topological polar surface area (TPSA) is 63.4 Å². The van der Waals surface area contributed by atoms with Crippen LogP contribution < -0.4 is 10.2 Å². The van der Waals surface area contributed by atoms with E-state index in [4.69, 9.17) is 9.15 Å². The Morgan fingerprint density at radius 1 is 1.44 bits per heavy atom. The molecule has 0 spiro atoms. The Hall–Kier alpha value is -1.14. The Bertz CT molecular complexity index is 380. The lowest BCUT2D eigenvalue weighted by Gasteiger charge is -2.24. The monoisotopic (exact) mass is 254 g/mol. The highest BCUT2D eigenvalue weighted by molar-refractivity contribution is 5.26. The fraction of sp³-hybridized carbons (Fsp3) is 0.833. The molecule has 2 unspecified atom stereocenters. The van der Waals surface area contributed by atoms with Crippen LogP contribution in [0.4, 0.5) is 6.01 Å². The van der Waals surface area contributed by atoms with Gasteiger partial charge in [0.25, 0.3) is 0 Å². The van der Waals surface area contributed by atoms with E-state index in [2.05, 4.69) is 36.3 Å². The first kappa shape index (κ1) is 13.3. The maximum absolute atomic E-state index is 5.64. The van der Waals surface area contributed by atoms with Crippen molar-refractivity contribution >= 4 is 6.01 Å². The lowest BCUT2D eigenvalue weighted by molar-refractivity contribution is 0.117. The Balaban J connectivity index is 1.96. The van der Waals surface area contributed by atoms with Gasteiger partial charge in [0, 0.05) is 19.7 Å². The third-order valence-electron chi connectivity index (χ3n) is 3.25. The first-order valence-electron chi connectivity index (χ1n) is 6.48. The number of ether oxygens (including phenoxy) is 1. The summed E-state index contributed by atoms with van der Waals surface area (Å²) in [7, 11) is 1.98. The molecule has 2 heterocycles. The van der Waals surface area contributed by atoms with E-state index >= 15 is 0 Å². The maximum atomic E-state index is 5.64. The molecular weight excluding hydrogens is 232 g/mol. The minimum absolute atomic E-state index is 0.208. The molecule has 1 N–H and O–H groups in total. The molecule has 1 aliphatic rings. The van der Waals surface area contributed by atoms with Crippen LogP contribution in [-0.2, 0) is 11.3 Å². The van der Waals surface area contributed by atoms with Crippen LogP contribution in [0, 0.1) is 0 Å². The molecular formula is C12H22N4O2. The molecule has 18 heavy (non-hydrogen) atoms. The normalized spacial score (nSPS) is 23.8. The molecule has 0 aromatic carbocycles. The first-order chi connectivity index (χ1) is 8.58. The van der Waals surface area contributed by atoms with Crippen LogP contribution in [0.1, 0.15) is 33.1 Å². The highest BCUT2D eigenvalue weighted by atomic mass is 16.5. The molecule has 1 saturated heterocycles. The molecule has 0 bridgehead atoms. The summed E-state index contributed by atoms with van der Waals surface area (Å²) in [6, 6.07) is 1.29. The van der Waals surface area contributed by atoms with Gasteiger partial charge in [-0.05, 0) is 13.3 Å². The third-order valence-corrected chi connectivity index (χ3v) is 3.25. The molecule has 2 atom stereocenters. The molecule has 0 amide bonds. The number of hydrogen-bond donors (Lipinski definition) is 1. The van der Waals surface area contributed by atoms with Gasteiger partial charge in [-0.1, -0.05) is 18.9 Å². The molecule has 102 valence electrons. The van der Waals surface area contributed by atoms with E-state index in [-0.39, 0.29) is 6.10 Å². The second-order valence-electron chi connectivity index (χ2n) is 5.06. The van der Waals surface area contributed by atoms with Crippen molar-refractivity contribution in [2.75, 3.05) is 18.6 Å². The van der Waals surface area contributed by atoms with Gasteiger partial charge in [0.05, 0.1) is 18.7 Å². The van der Waals surface area contributed by atoms with Gasteiger partial charge >= 0.3 is 6.01 Å². The van der Waals surface area contributed by atoms with E-state index < -0.39 is 0 Å². The van der Waals surface area contributed by atoms with Crippen LogP contribution in [0.25, 0.3) is 0 Å². The van der Waals surface area contributed by atoms with Crippen molar-refractivity contribution in [2.45, 2.75) is 51.9 Å². The van der Waals surface area contributed by atoms with Gasteiger partial charge in [-0.3, -0.25) is 0 Å². The number of hydrogen-bond acceptors (Lipinski definition) is 6. The van der Waals surface area contributed by atoms with Crippen LogP contribution in [0.3, 0.4) is 0 Å². The van der Waals surface area contributed by atoms with E-state index in [1.54, 1.807) is 0 Å². The average molecular weight is 254 g/mol. The summed E-state index contributed by atoms with van der Waals surface area (Å²) in [5.41, 5.74) is 0. The highest BCUT2D eigenvalue weighted by Crippen LogP contribution is 2.23. The Labute approximate surface area is 108 Å². The number of nitrogens with one attached hydrogen (secondary N) is 1. The summed E-state index contributed by atoms with van der Waals surface area (Å²) in [6.07, 6.45) is 1.21. The number of anilines is 1. The summed E-state index contributed by atoms with van der Waals surface area (Å²) >= 11 is 0. The minimum Gasteiger partial charge on any atom is -0.407 e. The predicted octanol–water partition coefficient (Wildman–Crippen LogP) is 1.18. The van der Waals surface area contributed by atoms with Crippen molar-refractivity contribution < 1.29 is 9.15 Å². The second-order valence-corrected chi connectivity index (χ2v) is 5.06. The van der Waals surface area contributed by atoms with Crippen LogP contribution in [0.2, 0.25) is 0 Å². The van der Waals surface area contributed by atoms with Crippen molar-refractivity contribution in [3.8, 4) is 0 Å². The molecule has 6 heteroatoms. The largest absolute Gasteiger partial charge is 0.407 e. The standard InChI is InChI=1S/C12H22N4O2/c1-8(2)13-7-11-14-15-12(18-11)16(4)10-5-6-17-9(10)3/h8-10,13H,5-7H2,1-4H3. The van der Waals surface area contributed by atoms with Crippen molar-refractivity contribution in [1.29, 1.82) is 0 Å². The second kappa shape index (κ2) is 5.67. The van der Waals surface area contributed by atoms with Crippen molar-refractivity contribution in [3.05, 3.63) is 5.89 Å². The molecule has 1 fully saturated rings. The van der Waals surface area contributed by atoms with Gasteiger partial charge in [0.1, 0.15) is 0 Å². The Morgan fingerprint density at radius 3 is 2.83 bits per heavy atom. The number of rotatable bonds is 5. The zero-order chi connectivity index (χ0) is 13.1. The summed E-state index contributed by atoms with van der Waals surface area (Å²) in [6.45, 7) is 7.65. The highest BCUT2D eigenvalue weighted by Gasteiger charge is 2.30. The smallest absolute Gasteiger partial charge is 0.318 e. The maximum Gasteiger partial charge on any atom is 0.318 e. The fourth-order valence-corrected chi connectivity index (χ4v) is 2.12. The number of nitrogens with zero attached hydrogens (tertiary/aromatic N) is 3. The quantitative estimate of drug-likeness (QED) is 0.851. The van der Waals surface area contributed by atoms with Crippen LogP contribution in [-0.4, -0.2) is 42.0 Å². The summed E-state index contributed by atoms with van der Waals surface area (Å²) in [5, 5.41) is 11.4. The molecule has 0 saturated carbocycles.